The van der Waals surface area contributed by atoms with E-state index in [1.165, 1.54) is 12.8 Å². The van der Waals surface area contributed by atoms with Crippen molar-refractivity contribution in [2.45, 2.75) is 38.0 Å². The molecule has 5 heterocycles. The third-order valence-corrected chi connectivity index (χ3v) is 7.40. The van der Waals surface area contributed by atoms with Gasteiger partial charge in [0.25, 0.3) is 0 Å². The lowest BCUT2D eigenvalue weighted by Crippen LogP contribution is -2.61. The number of hydrogen-bond acceptors (Lipinski definition) is 6. The molecular formula is C22H33N5O2. The number of nitrogens with zero attached hydrogens (tertiary/aromatic N) is 5. The second-order valence-electron chi connectivity index (χ2n) is 9.60. The fraction of sp³-hybridized carbons (Fsp3) is 0.773. The maximum Gasteiger partial charge on any atom is 0.225 e. The van der Waals surface area contributed by atoms with Crippen LogP contribution in [0.5, 0.6) is 0 Å². The van der Waals surface area contributed by atoms with Crippen molar-refractivity contribution >= 4 is 11.9 Å². The molecule has 4 aliphatic heterocycles. The van der Waals surface area contributed by atoms with Gasteiger partial charge in [0.1, 0.15) is 0 Å². The topological polar surface area (TPSA) is 61.8 Å². The first-order valence-electron chi connectivity index (χ1n) is 11.2. The van der Waals surface area contributed by atoms with Crippen LogP contribution < -0.4 is 4.90 Å². The number of aromatic nitrogens is 2. The fourth-order valence-corrected chi connectivity index (χ4v) is 5.79. The Morgan fingerprint density at radius 3 is 2.72 bits per heavy atom. The van der Waals surface area contributed by atoms with Crippen LogP contribution in [0.1, 0.15) is 43.7 Å². The average Bonchev–Trinajstić information content (AvgIpc) is 3.35. The molecule has 0 saturated carbocycles. The summed E-state index contributed by atoms with van der Waals surface area (Å²) in [6.45, 7) is 7.53. The van der Waals surface area contributed by atoms with Crippen molar-refractivity contribution in [3.05, 3.63) is 18.0 Å². The molecule has 7 nitrogen and oxygen atoms in total. The van der Waals surface area contributed by atoms with Crippen molar-refractivity contribution in [3.8, 4) is 0 Å². The lowest BCUT2D eigenvalue weighted by atomic mass is 9.70. The minimum atomic E-state index is 0.150. The van der Waals surface area contributed by atoms with E-state index in [2.05, 4.69) is 32.8 Å². The van der Waals surface area contributed by atoms with Crippen LogP contribution in [-0.2, 0) is 9.53 Å². The van der Waals surface area contributed by atoms with Crippen LogP contribution in [0.4, 0.5) is 5.95 Å². The quantitative estimate of drug-likeness (QED) is 0.769. The van der Waals surface area contributed by atoms with Crippen LogP contribution in [0.3, 0.4) is 0 Å². The molecule has 1 amide bonds. The summed E-state index contributed by atoms with van der Waals surface area (Å²) < 4.78 is 5.43. The molecule has 0 aromatic carbocycles. The van der Waals surface area contributed by atoms with E-state index < -0.39 is 0 Å². The molecule has 1 spiro atoms. The number of likely N-dealkylation sites (N-methyl/N-ethyl adjacent to an activating group) is 1. The number of hydrogen-bond donors (Lipinski definition) is 0. The van der Waals surface area contributed by atoms with E-state index in [4.69, 9.17) is 9.72 Å². The van der Waals surface area contributed by atoms with Crippen molar-refractivity contribution in [1.82, 2.24) is 19.8 Å². The van der Waals surface area contributed by atoms with Crippen LogP contribution in [0.15, 0.2) is 12.3 Å². The van der Waals surface area contributed by atoms with Gasteiger partial charge in [-0.15, -0.1) is 0 Å². The smallest absolute Gasteiger partial charge is 0.225 e. The van der Waals surface area contributed by atoms with Gasteiger partial charge in [0.15, 0.2) is 0 Å². The van der Waals surface area contributed by atoms with Crippen LogP contribution in [-0.4, -0.2) is 85.2 Å². The molecule has 0 radical (unpaired) electrons. The molecular weight excluding hydrogens is 366 g/mol. The van der Waals surface area contributed by atoms with Crippen LogP contribution in [0.25, 0.3) is 0 Å². The fourth-order valence-electron chi connectivity index (χ4n) is 5.79. The van der Waals surface area contributed by atoms with E-state index in [0.717, 1.165) is 77.0 Å². The second-order valence-corrected chi connectivity index (χ2v) is 9.60. The van der Waals surface area contributed by atoms with Gasteiger partial charge in [-0.2, -0.15) is 0 Å². The Morgan fingerprint density at radius 1 is 1.21 bits per heavy atom. The molecule has 0 N–H and O–H groups in total. The maximum absolute atomic E-state index is 12.8. The maximum atomic E-state index is 12.8. The highest BCUT2D eigenvalue weighted by molar-refractivity contribution is 5.77. The summed E-state index contributed by atoms with van der Waals surface area (Å²) in [4.78, 5) is 29.1. The Kier molecular flexibility index (Phi) is 5.20. The van der Waals surface area contributed by atoms with Crippen molar-refractivity contribution < 1.29 is 9.53 Å². The molecule has 5 rings (SSSR count). The van der Waals surface area contributed by atoms with Gasteiger partial charge < -0.3 is 19.4 Å². The molecule has 1 atom stereocenters. The van der Waals surface area contributed by atoms with Crippen molar-refractivity contribution in [3.63, 3.8) is 0 Å². The number of rotatable bonds is 4. The number of likely N-dealkylation sites (tertiary alicyclic amines) is 2. The van der Waals surface area contributed by atoms with Crippen molar-refractivity contribution in [1.29, 1.82) is 0 Å². The zero-order chi connectivity index (χ0) is 19.8. The summed E-state index contributed by atoms with van der Waals surface area (Å²) in [5.41, 5.74) is 1.30. The van der Waals surface area contributed by atoms with Gasteiger partial charge >= 0.3 is 0 Å². The van der Waals surface area contributed by atoms with E-state index in [0.29, 0.717) is 24.2 Å². The Balaban J connectivity index is 1.27. The molecule has 158 valence electrons. The van der Waals surface area contributed by atoms with Gasteiger partial charge in [-0.1, -0.05) is 0 Å². The first-order chi connectivity index (χ1) is 14.1. The van der Waals surface area contributed by atoms with E-state index in [1.807, 2.05) is 6.20 Å². The van der Waals surface area contributed by atoms with Crippen molar-refractivity contribution in [2.24, 2.45) is 11.3 Å². The molecule has 4 aliphatic rings. The van der Waals surface area contributed by atoms with Gasteiger partial charge in [-0.05, 0) is 44.7 Å². The highest BCUT2D eigenvalue weighted by atomic mass is 16.5. The van der Waals surface area contributed by atoms with Crippen LogP contribution >= 0.6 is 0 Å². The number of carbonyl (C=O) groups is 1. The molecule has 4 saturated heterocycles. The van der Waals surface area contributed by atoms with E-state index in [9.17, 15) is 4.79 Å². The molecule has 1 aromatic heterocycles. The third-order valence-electron chi connectivity index (χ3n) is 7.40. The molecule has 4 fully saturated rings. The number of amides is 1. The van der Waals surface area contributed by atoms with E-state index in [1.54, 1.807) is 0 Å². The zero-order valence-corrected chi connectivity index (χ0v) is 17.6. The number of ether oxygens (including phenoxy) is 1. The van der Waals surface area contributed by atoms with Crippen LogP contribution in [0.2, 0.25) is 0 Å². The van der Waals surface area contributed by atoms with Crippen molar-refractivity contribution in [2.75, 3.05) is 64.4 Å². The second kappa shape index (κ2) is 7.84. The lowest BCUT2D eigenvalue weighted by Gasteiger charge is -2.51. The average molecular weight is 400 g/mol. The Bertz CT molecular complexity index is 738. The lowest BCUT2D eigenvalue weighted by molar-refractivity contribution is -0.145. The van der Waals surface area contributed by atoms with Gasteiger partial charge in [0, 0.05) is 76.4 Å². The molecule has 7 heteroatoms. The highest BCUT2D eigenvalue weighted by Gasteiger charge is 2.55. The predicted molar refractivity (Wildman–Crippen MR) is 111 cm³/mol. The Hall–Kier alpha value is -1.73. The monoisotopic (exact) mass is 399 g/mol. The minimum absolute atomic E-state index is 0.150. The summed E-state index contributed by atoms with van der Waals surface area (Å²) >= 11 is 0. The summed E-state index contributed by atoms with van der Waals surface area (Å²) in [5, 5.41) is 0. The van der Waals surface area contributed by atoms with Gasteiger partial charge in [-0.3, -0.25) is 4.79 Å². The summed E-state index contributed by atoms with van der Waals surface area (Å²) in [6.07, 6.45) is 7.12. The van der Waals surface area contributed by atoms with Gasteiger partial charge in [0.05, 0.1) is 5.69 Å². The first-order valence-corrected chi connectivity index (χ1v) is 11.2. The number of carbonyl (C=O) groups excluding carboxylic acids is 1. The third kappa shape index (κ3) is 3.75. The number of anilines is 1. The standard InChI is InChI=1S/C22H33N5O2/c1-25-13-18(19-4-7-23-21(24-19)26-8-2-3-9-26)22(14-25)15-27(16-22)20(28)12-17-5-10-29-11-6-17/h4,7,17-18H,2-3,5-6,8-16H2,1H3. The molecule has 0 bridgehead atoms. The normalized spacial score (nSPS) is 27.6. The molecule has 29 heavy (non-hydrogen) atoms. The zero-order valence-electron chi connectivity index (χ0n) is 17.6. The largest absolute Gasteiger partial charge is 0.381 e. The SMILES string of the molecule is CN1CC(c2ccnc(N3CCCC3)n2)C2(C1)CN(C(=O)CC1CCOCC1)C2. The van der Waals surface area contributed by atoms with Gasteiger partial charge in [0.2, 0.25) is 11.9 Å². The minimum Gasteiger partial charge on any atom is -0.381 e. The van der Waals surface area contributed by atoms with Crippen LogP contribution in [0, 0.1) is 11.3 Å². The Labute approximate surface area is 173 Å². The molecule has 0 aliphatic carbocycles. The molecule has 1 aromatic rings. The molecule has 1 unspecified atom stereocenters. The van der Waals surface area contributed by atoms with E-state index >= 15 is 0 Å². The van der Waals surface area contributed by atoms with E-state index in [-0.39, 0.29) is 5.41 Å². The predicted octanol–water partition coefficient (Wildman–Crippen LogP) is 1.75. The van der Waals surface area contributed by atoms with Gasteiger partial charge in [-0.25, -0.2) is 9.97 Å². The Morgan fingerprint density at radius 2 is 1.97 bits per heavy atom. The first kappa shape index (κ1) is 19.2. The highest BCUT2D eigenvalue weighted by Crippen LogP contribution is 2.48. The summed E-state index contributed by atoms with van der Waals surface area (Å²) in [5.74, 6) is 2.09. The summed E-state index contributed by atoms with van der Waals surface area (Å²) in [6, 6.07) is 2.09. The summed E-state index contributed by atoms with van der Waals surface area (Å²) in [7, 11) is 2.19.